The zero-order chi connectivity index (χ0) is 7.98. The molecule has 0 bridgehead atoms. The highest BCUT2D eigenvalue weighted by atomic mass is 14.7. The summed E-state index contributed by atoms with van der Waals surface area (Å²) >= 11 is 0. The van der Waals surface area contributed by atoms with Gasteiger partial charge >= 0.3 is 0 Å². The first-order valence-corrected chi connectivity index (χ1v) is 3.41. The van der Waals surface area contributed by atoms with Gasteiger partial charge in [0.25, 0.3) is 0 Å². The van der Waals surface area contributed by atoms with Crippen molar-refractivity contribution in [1.29, 1.82) is 5.41 Å². The average Bonchev–Trinajstić information content (AvgIpc) is 1.89. The van der Waals surface area contributed by atoms with E-state index in [1.807, 2.05) is 26.8 Å². The maximum absolute atomic E-state index is 6.98. The summed E-state index contributed by atoms with van der Waals surface area (Å²) < 4.78 is 0. The van der Waals surface area contributed by atoms with Crippen LogP contribution >= 0.6 is 0 Å². The third kappa shape index (κ3) is 3.17. The van der Waals surface area contributed by atoms with Crippen molar-refractivity contribution in [2.24, 2.45) is 10.9 Å². The van der Waals surface area contributed by atoms with E-state index in [0.29, 0.717) is 5.92 Å². The maximum Gasteiger partial charge on any atom is 0.0604 e. The van der Waals surface area contributed by atoms with Gasteiger partial charge in [0.15, 0.2) is 0 Å². The van der Waals surface area contributed by atoms with Crippen molar-refractivity contribution in [3.8, 4) is 0 Å². The minimum atomic E-state index is 0.341. The van der Waals surface area contributed by atoms with Gasteiger partial charge in [-0.25, -0.2) is 0 Å². The van der Waals surface area contributed by atoms with E-state index in [2.05, 4.69) is 4.99 Å². The van der Waals surface area contributed by atoms with E-state index in [-0.39, 0.29) is 0 Å². The normalized spacial score (nSPS) is 13.0. The van der Waals surface area contributed by atoms with Gasteiger partial charge in [0.2, 0.25) is 0 Å². The first-order valence-electron chi connectivity index (χ1n) is 3.41. The Morgan fingerprint density at radius 2 is 2.10 bits per heavy atom. The van der Waals surface area contributed by atoms with Crippen molar-refractivity contribution in [3.05, 3.63) is 12.3 Å². The SMILES string of the molecule is C/C=C\N=C(C=N)C(C)C. The van der Waals surface area contributed by atoms with E-state index in [4.69, 9.17) is 5.41 Å². The highest BCUT2D eigenvalue weighted by Gasteiger charge is 1.97. The third-order valence-electron chi connectivity index (χ3n) is 1.11. The zero-order valence-electron chi connectivity index (χ0n) is 6.76. The molecule has 0 spiro atoms. The quantitative estimate of drug-likeness (QED) is 0.581. The van der Waals surface area contributed by atoms with E-state index < -0.39 is 0 Å². The molecular formula is C8H14N2. The van der Waals surface area contributed by atoms with E-state index >= 15 is 0 Å². The second-order valence-electron chi connectivity index (χ2n) is 2.34. The first kappa shape index (κ1) is 9.08. The van der Waals surface area contributed by atoms with Crippen LogP contribution in [0.3, 0.4) is 0 Å². The fraction of sp³-hybridized carbons (Fsp3) is 0.500. The van der Waals surface area contributed by atoms with Crippen LogP contribution in [0.25, 0.3) is 0 Å². The second kappa shape index (κ2) is 4.91. The van der Waals surface area contributed by atoms with Gasteiger partial charge in [-0.2, -0.15) is 0 Å². The molecular weight excluding hydrogens is 124 g/mol. The van der Waals surface area contributed by atoms with Crippen LogP contribution in [-0.4, -0.2) is 11.9 Å². The molecule has 0 aromatic carbocycles. The highest BCUT2D eigenvalue weighted by molar-refractivity contribution is 6.30. The average molecular weight is 138 g/mol. The molecule has 0 heterocycles. The molecule has 0 aliphatic heterocycles. The standard InChI is InChI=1S/C8H14N2/c1-4-5-10-8(6-9)7(2)3/h4-7,9H,1-3H3/b5-4-,9-6?,10-8?. The van der Waals surface area contributed by atoms with Crippen LogP contribution in [0.2, 0.25) is 0 Å². The summed E-state index contributed by atoms with van der Waals surface area (Å²) in [5.74, 6) is 0.341. The summed E-state index contributed by atoms with van der Waals surface area (Å²) in [7, 11) is 0. The Hall–Kier alpha value is -0.920. The van der Waals surface area contributed by atoms with Crippen molar-refractivity contribution >= 4 is 11.9 Å². The van der Waals surface area contributed by atoms with Gasteiger partial charge in [-0.1, -0.05) is 19.9 Å². The number of aliphatic imine (C=N–C) groups is 1. The molecule has 2 heteroatoms. The van der Waals surface area contributed by atoms with Gasteiger partial charge in [0.05, 0.1) is 5.71 Å². The Morgan fingerprint density at radius 1 is 1.50 bits per heavy atom. The smallest absolute Gasteiger partial charge is 0.0604 e. The van der Waals surface area contributed by atoms with Gasteiger partial charge in [-0.15, -0.1) is 0 Å². The molecule has 2 nitrogen and oxygen atoms in total. The molecule has 0 aromatic heterocycles. The van der Waals surface area contributed by atoms with Gasteiger partial charge in [-0.3, -0.25) is 4.99 Å². The van der Waals surface area contributed by atoms with Crippen LogP contribution in [-0.2, 0) is 0 Å². The Morgan fingerprint density at radius 3 is 2.40 bits per heavy atom. The minimum Gasteiger partial charge on any atom is -0.307 e. The summed E-state index contributed by atoms with van der Waals surface area (Å²) in [5.41, 5.74) is 0.818. The Balaban J connectivity index is 4.18. The second-order valence-corrected chi connectivity index (χ2v) is 2.34. The van der Waals surface area contributed by atoms with E-state index in [1.54, 1.807) is 6.20 Å². The summed E-state index contributed by atoms with van der Waals surface area (Å²) in [6.07, 6.45) is 4.86. The van der Waals surface area contributed by atoms with Crippen molar-refractivity contribution in [2.75, 3.05) is 0 Å². The lowest BCUT2D eigenvalue weighted by Gasteiger charge is -1.99. The van der Waals surface area contributed by atoms with Gasteiger partial charge in [0.1, 0.15) is 0 Å². The summed E-state index contributed by atoms with van der Waals surface area (Å²) in [4.78, 5) is 4.05. The molecule has 56 valence electrons. The lowest BCUT2D eigenvalue weighted by Crippen LogP contribution is -2.07. The van der Waals surface area contributed by atoms with Crippen molar-refractivity contribution in [1.82, 2.24) is 0 Å². The van der Waals surface area contributed by atoms with Crippen molar-refractivity contribution < 1.29 is 0 Å². The van der Waals surface area contributed by atoms with Crippen LogP contribution in [0.15, 0.2) is 17.3 Å². The molecule has 0 atom stereocenters. The number of nitrogens with one attached hydrogen (secondary N) is 1. The maximum atomic E-state index is 6.98. The molecule has 0 saturated carbocycles. The van der Waals surface area contributed by atoms with Gasteiger partial charge < -0.3 is 5.41 Å². The predicted molar refractivity (Wildman–Crippen MR) is 45.9 cm³/mol. The Kier molecular flexibility index (Phi) is 4.46. The van der Waals surface area contributed by atoms with Gasteiger partial charge in [-0.05, 0) is 12.8 Å². The molecule has 0 fully saturated rings. The molecule has 10 heavy (non-hydrogen) atoms. The lowest BCUT2D eigenvalue weighted by atomic mass is 10.1. The minimum absolute atomic E-state index is 0.341. The molecule has 0 radical (unpaired) electrons. The fourth-order valence-corrected chi connectivity index (χ4v) is 0.514. The number of nitrogens with zero attached hydrogens (tertiary/aromatic N) is 1. The highest BCUT2D eigenvalue weighted by Crippen LogP contribution is 1.94. The zero-order valence-corrected chi connectivity index (χ0v) is 6.76. The number of rotatable bonds is 3. The Bertz CT molecular complexity index is 155. The number of hydrogen-bond acceptors (Lipinski definition) is 2. The van der Waals surface area contributed by atoms with Crippen LogP contribution in [0.4, 0.5) is 0 Å². The predicted octanol–water partition coefficient (Wildman–Crippen LogP) is 2.27. The summed E-state index contributed by atoms with van der Waals surface area (Å²) in [5, 5.41) is 6.98. The molecule has 0 aromatic rings. The van der Waals surface area contributed by atoms with E-state index in [0.717, 1.165) is 5.71 Å². The molecule has 0 aliphatic rings. The third-order valence-corrected chi connectivity index (χ3v) is 1.11. The molecule has 1 N–H and O–H groups in total. The Labute approximate surface area is 62.2 Å². The molecule has 0 aliphatic carbocycles. The van der Waals surface area contributed by atoms with Crippen LogP contribution in [0.5, 0.6) is 0 Å². The lowest BCUT2D eigenvalue weighted by molar-refractivity contribution is 0.895. The van der Waals surface area contributed by atoms with Crippen LogP contribution in [0.1, 0.15) is 20.8 Å². The number of allylic oxidation sites excluding steroid dienone is 1. The largest absolute Gasteiger partial charge is 0.307 e. The molecule has 0 unspecified atom stereocenters. The van der Waals surface area contributed by atoms with Crippen molar-refractivity contribution in [3.63, 3.8) is 0 Å². The van der Waals surface area contributed by atoms with Crippen LogP contribution < -0.4 is 0 Å². The van der Waals surface area contributed by atoms with E-state index in [1.165, 1.54) is 6.21 Å². The van der Waals surface area contributed by atoms with Gasteiger partial charge in [0, 0.05) is 12.4 Å². The fourth-order valence-electron chi connectivity index (χ4n) is 0.514. The number of hydrogen-bond donors (Lipinski definition) is 1. The first-order chi connectivity index (χ1) is 4.72. The molecule has 0 amide bonds. The summed E-state index contributed by atoms with van der Waals surface area (Å²) in [6.45, 7) is 5.95. The van der Waals surface area contributed by atoms with Crippen molar-refractivity contribution in [2.45, 2.75) is 20.8 Å². The van der Waals surface area contributed by atoms with E-state index in [9.17, 15) is 0 Å². The molecule has 0 saturated heterocycles. The van der Waals surface area contributed by atoms with Crippen LogP contribution in [0, 0.1) is 11.3 Å². The topological polar surface area (TPSA) is 36.2 Å². The molecule has 0 rings (SSSR count). The summed E-state index contributed by atoms with van der Waals surface area (Å²) in [6, 6.07) is 0. The monoisotopic (exact) mass is 138 g/mol.